The monoisotopic (exact) mass is 175 g/mol. The van der Waals surface area contributed by atoms with E-state index in [1.54, 1.807) is 4.90 Å². The summed E-state index contributed by atoms with van der Waals surface area (Å²) < 4.78 is 0. The zero-order chi connectivity index (χ0) is 9.14. The van der Waals surface area contributed by atoms with E-state index in [-0.39, 0.29) is 12.5 Å². The largest absolute Gasteiger partial charge is 0.389 e. The van der Waals surface area contributed by atoms with Gasteiger partial charge in [-0.2, -0.15) is 0 Å². The number of aliphatic hydroxyl groups excluding tert-OH is 2. The van der Waals surface area contributed by atoms with E-state index in [0.29, 0.717) is 13.1 Å². The fraction of sp³-hybridized carbons (Fsp3) is 0.833. The molecule has 0 saturated carbocycles. The molecule has 0 aromatic carbocycles. The number of nitrogens with one attached hydrogen (secondary N) is 1. The summed E-state index contributed by atoms with van der Waals surface area (Å²) in [6, 6.07) is 0. The van der Waals surface area contributed by atoms with Gasteiger partial charge in [-0.3, -0.25) is 15.1 Å². The molecule has 2 unspecified atom stereocenters. The number of rotatable bonds is 2. The van der Waals surface area contributed by atoms with Gasteiger partial charge in [0.15, 0.2) is 0 Å². The SMILES string of the molecule is NNC(=O)CN1CC(O)C(O)C1. The molecule has 70 valence electrons. The number of hydrogen-bond acceptors (Lipinski definition) is 5. The molecule has 6 nitrogen and oxygen atoms in total. The smallest absolute Gasteiger partial charge is 0.248 e. The highest BCUT2D eigenvalue weighted by Gasteiger charge is 2.30. The fourth-order valence-corrected chi connectivity index (χ4v) is 1.22. The third-order valence-corrected chi connectivity index (χ3v) is 1.86. The number of carbonyl (C=O) groups excluding carboxylic acids is 1. The highest BCUT2D eigenvalue weighted by Crippen LogP contribution is 2.08. The van der Waals surface area contributed by atoms with Gasteiger partial charge in [0, 0.05) is 13.1 Å². The molecular weight excluding hydrogens is 162 g/mol. The van der Waals surface area contributed by atoms with E-state index in [0.717, 1.165) is 0 Å². The van der Waals surface area contributed by atoms with Gasteiger partial charge in [0.1, 0.15) is 0 Å². The highest BCUT2D eigenvalue weighted by atomic mass is 16.3. The number of hydrogen-bond donors (Lipinski definition) is 4. The molecule has 5 N–H and O–H groups in total. The fourth-order valence-electron chi connectivity index (χ4n) is 1.22. The maximum atomic E-state index is 10.7. The van der Waals surface area contributed by atoms with Crippen LogP contribution in [0.4, 0.5) is 0 Å². The minimum atomic E-state index is -0.754. The van der Waals surface area contributed by atoms with Crippen LogP contribution in [0.25, 0.3) is 0 Å². The summed E-state index contributed by atoms with van der Waals surface area (Å²) in [5, 5.41) is 18.2. The van der Waals surface area contributed by atoms with E-state index in [9.17, 15) is 4.79 Å². The average molecular weight is 175 g/mol. The molecule has 6 heteroatoms. The molecule has 1 saturated heterocycles. The normalized spacial score (nSPS) is 30.6. The van der Waals surface area contributed by atoms with Crippen LogP contribution in [0.15, 0.2) is 0 Å². The van der Waals surface area contributed by atoms with E-state index >= 15 is 0 Å². The van der Waals surface area contributed by atoms with Crippen molar-refractivity contribution in [2.24, 2.45) is 5.84 Å². The van der Waals surface area contributed by atoms with Crippen LogP contribution in [0.3, 0.4) is 0 Å². The number of amides is 1. The molecule has 1 heterocycles. The number of nitrogens with two attached hydrogens (primary N) is 1. The molecule has 0 spiro atoms. The maximum Gasteiger partial charge on any atom is 0.248 e. The molecule has 2 atom stereocenters. The Labute approximate surface area is 69.9 Å². The first-order chi connectivity index (χ1) is 5.63. The van der Waals surface area contributed by atoms with Crippen LogP contribution in [-0.4, -0.2) is 52.9 Å². The van der Waals surface area contributed by atoms with Gasteiger partial charge in [0.25, 0.3) is 0 Å². The van der Waals surface area contributed by atoms with Crippen molar-refractivity contribution in [1.29, 1.82) is 0 Å². The molecule has 0 bridgehead atoms. The first-order valence-electron chi connectivity index (χ1n) is 3.71. The van der Waals surface area contributed by atoms with Crippen molar-refractivity contribution in [2.75, 3.05) is 19.6 Å². The van der Waals surface area contributed by atoms with Crippen LogP contribution in [-0.2, 0) is 4.79 Å². The van der Waals surface area contributed by atoms with Crippen LogP contribution in [0.2, 0.25) is 0 Å². The quantitative estimate of drug-likeness (QED) is 0.204. The Balaban J connectivity index is 2.32. The molecule has 0 radical (unpaired) electrons. The Hall–Kier alpha value is -0.690. The highest BCUT2D eigenvalue weighted by molar-refractivity contribution is 5.77. The second kappa shape index (κ2) is 3.81. The first kappa shape index (κ1) is 9.40. The average Bonchev–Trinajstić information content (AvgIpc) is 2.31. The topological polar surface area (TPSA) is 98.8 Å². The summed E-state index contributed by atoms with van der Waals surface area (Å²) in [6.45, 7) is 0.744. The van der Waals surface area contributed by atoms with Gasteiger partial charge in [-0.25, -0.2) is 5.84 Å². The van der Waals surface area contributed by atoms with E-state index in [1.165, 1.54) is 0 Å². The predicted octanol–water partition coefficient (Wildman–Crippen LogP) is -2.99. The lowest BCUT2D eigenvalue weighted by molar-refractivity contribution is -0.122. The number of hydrazine groups is 1. The summed E-state index contributed by atoms with van der Waals surface area (Å²) in [5.41, 5.74) is 1.98. The van der Waals surface area contributed by atoms with E-state index in [2.05, 4.69) is 0 Å². The third-order valence-electron chi connectivity index (χ3n) is 1.86. The molecule has 0 aliphatic carbocycles. The van der Waals surface area contributed by atoms with Crippen molar-refractivity contribution in [3.8, 4) is 0 Å². The molecule has 1 fully saturated rings. The molecule has 1 aliphatic heterocycles. The van der Waals surface area contributed by atoms with Crippen LogP contribution in [0, 0.1) is 0 Å². The van der Waals surface area contributed by atoms with Gasteiger partial charge >= 0.3 is 0 Å². The lowest BCUT2D eigenvalue weighted by Gasteiger charge is -2.12. The molecule has 0 aromatic rings. The van der Waals surface area contributed by atoms with Crippen LogP contribution in [0.5, 0.6) is 0 Å². The maximum absolute atomic E-state index is 10.7. The molecular formula is C6H13N3O3. The zero-order valence-electron chi connectivity index (χ0n) is 6.60. The molecule has 12 heavy (non-hydrogen) atoms. The van der Waals surface area contributed by atoms with Crippen molar-refractivity contribution in [3.05, 3.63) is 0 Å². The number of likely N-dealkylation sites (tertiary alicyclic amines) is 1. The predicted molar refractivity (Wildman–Crippen MR) is 40.8 cm³/mol. The molecule has 1 amide bonds. The number of aliphatic hydroxyl groups is 2. The summed E-state index contributed by atoms with van der Waals surface area (Å²) in [7, 11) is 0. The van der Waals surface area contributed by atoms with Crippen LogP contribution in [0.1, 0.15) is 0 Å². The van der Waals surface area contributed by atoms with Crippen molar-refractivity contribution >= 4 is 5.91 Å². The Kier molecular flexibility index (Phi) is 2.99. The summed E-state index contributed by atoms with van der Waals surface area (Å²) >= 11 is 0. The van der Waals surface area contributed by atoms with Crippen LogP contribution < -0.4 is 11.3 Å². The Morgan fingerprint density at radius 3 is 2.42 bits per heavy atom. The van der Waals surface area contributed by atoms with E-state index in [4.69, 9.17) is 16.1 Å². The Morgan fingerprint density at radius 2 is 2.00 bits per heavy atom. The van der Waals surface area contributed by atoms with Gasteiger partial charge in [0.2, 0.25) is 5.91 Å². The van der Waals surface area contributed by atoms with Gasteiger partial charge in [-0.05, 0) is 0 Å². The second-order valence-corrected chi connectivity index (χ2v) is 2.90. The van der Waals surface area contributed by atoms with Gasteiger partial charge in [-0.15, -0.1) is 0 Å². The first-order valence-corrected chi connectivity index (χ1v) is 3.71. The second-order valence-electron chi connectivity index (χ2n) is 2.90. The summed E-state index contributed by atoms with van der Waals surface area (Å²) in [5.74, 6) is 4.55. The Bertz CT molecular complexity index is 165. The number of carbonyl (C=O) groups is 1. The minimum absolute atomic E-state index is 0.116. The molecule has 0 aromatic heterocycles. The van der Waals surface area contributed by atoms with Crippen LogP contribution >= 0.6 is 0 Å². The lowest BCUT2D eigenvalue weighted by atomic mass is 10.3. The molecule has 1 aliphatic rings. The van der Waals surface area contributed by atoms with E-state index < -0.39 is 12.2 Å². The van der Waals surface area contributed by atoms with Crippen molar-refractivity contribution in [2.45, 2.75) is 12.2 Å². The van der Waals surface area contributed by atoms with Crippen molar-refractivity contribution in [1.82, 2.24) is 10.3 Å². The number of β-amino-alcohol motifs (C(OH)–C–C–N with tert-alkyl or cyclic N) is 2. The van der Waals surface area contributed by atoms with Crippen molar-refractivity contribution < 1.29 is 15.0 Å². The lowest BCUT2D eigenvalue weighted by Crippen LogP contribution is -2.39. The van der Waals surface area contributed by atoms with Gasteiger partial charge in [0.05, 0.1) is 18.8 Å². The molecule has 1 rings (SSSR count). The Morgan fingerprint density at radius 1 is 1.50 bits per heavy atom. The zero-order valence-corrected chi connectivity index (χ0v) is 6.60. The standard InChI is InChI=1S/C6H13N3O3/c7-8-6(12)3-9-1-4(10)5(11)2-9/h4-5,10-11H,1-3,7H2,(H,8,12). The minimum Gasteiger partial charge on any atom is -0.389 e. The third kappa shape index (κ3) is 2.15. The summed E-state index contributed by atoms with van der Waals surface area (Å²) in [6.07, 6.45) is -1.51. The summed E-state index contributed by atoms with van der Waals surface area (Å²) in [4.78, 5) is 12.4. The van der Waals surface area contributed by atoms with Crippen molar-refractivity contribution in [3.63, 3.8) is 0 Å². The van der Waals surface area contributed by atoms with Gasteiger partial charge in [-0.1, -0.05) is 0 Å². The van der Waals surface area contributed by atoms with E-state index in [1.807, 2.05) is 5.43 Å². The van der Waals surface area contributed by atoms with Gasteiger partial charge < -0.3 is 10.2 Å². The number of nitrogens with zero attached hydrogens (tertiary/aromatic N) is 1.